The van der Waals surface area contributed by atoms with E-state index in [0.29, 0.717) is 28.9 Å². The molecule has 0 fully saturated rings. The zero-order valence-electron chi connectivity index (χ0n) is 13.9. The van der Waals surface area contributed by atoms with Crippen molar-refractivity contribution in [3.05, 3.63) is 89.4 Å². The Hall–Kier alpha value is -2.98. The first-order chi connectivity index (χ1) is 12.7. The topological polar surface area (TPSA) is 44.8 Å². The Labute approximate surface area is 156 Å². The number of rotatable bonds is 7. The largest absolute Gasteiger partial charge is 0.489 e. The molecule has 0 N–H and O–H groups in total. The molecule has 0 unspecified atom stereocenters. The van der Waals surface area contributed by atoms with Crippen molar-refractivity contribution in [1.82, 2.24) is 0 Å². The Morgan fingerprint density at radius 1 is 0.769 bits per heavy atom. The van der Waals surface area contributed by atoms with Crippen LogP contribution >= 0.6 is 11.6 Å². The van der Waals surface area contributed by atoms with Crippen LogP contribution in [0.4, 0.5) is 0 Å². The molecule has 3 aromatic rings. The SMILES string of the molecule is O=C(COc1ccccc1Cl)Oc1ccc(OCc2ccccc2)cc1. The smallest absolute Gasteiger partial charge is 0.349 e. The molecule has 4 nitrogen and oxygen atoms in total. The summed E-state index contributed by atoms with van der Waals surface area (Å²) in [6, 6.07) is 23.7. The van der Waals surface area contributed by atoms with E-state index in [-0.39, 0.29) is 6.61 Å². The summed E-state index contributed by atoms with van der Waals surface area (Å²) >= 11 is 5.97. The summed E-state index contributed by atoms with van der Waals surface area (Å²) < 4.78 is 16.3. The lowest BCUT2D eigenvalue weighted by Crippen LogP contribution is -2.17. The molecule has 0 heterocycles. The van der Waals surface area contributed by atoms with Gasteiger partial charge in [-0.15, -0.1) is 0 Å². The van der Waals surface area contributed by atoms with Gasteiger partial charge in [-0.25, -0.2) is 4.79 Å². The van der Waals surface area contributed by atoms with Gasteiger partial charge in [-0.1, -0.05) is 54.1 Å². The average Bonchev–Trinajstić information content (AvgIpc) is 2.68. The van der Waals surface area contributed by atoms with Gasteiger partial charge in [-0.05, 0) is 42.0 Å². The van der Waals surface area contributed by atoms with Crippen LogP contribution in [0.25, 0.3) is 0 Å². The molecular formula is C21H17ClO4. The Balaban J connectivity index is 1.47. The van der Waals surface area contributed by atoms with E-state index in [1.54, 1.807) is 48.5 Å². The van der Waals surface area contributed by atoms with Crippen molar-refractivity contribution in [2.75, 3.05) is 6.61 Å². The summed E-state index contributed by atoms with van der Waals surface area (Å²) in [6.07, 6.45) is 0. The summed E-state index contributed by atoms with van der Waals surface area (Å²) in [5, 5.41) is 0.445. The second-order valence-corrected chi connectivity index (χ2v) is 5.85. The minimum Gasteiger partial charge on any atom is -0.489 e. The van der Waals surface area contributed by atoms with Crippen LogP contribution in [0.1, 0.15) is 5.56 Å². The van der Waals surface area contributed by atoms with Gasteiger partial charge in [-0.2, -0.15) is 0 Å². The summed E-state index contributed by atoms with van der Waals surface area (Å²) in [5.74, 6) is 1.05. The van der Waals surface area contributed by atoms with Crippen LogP contribution in [0.5, 0.6) is 17.2 Å². The van der Waals surface area contributed by atoms with Gasteiger partial charge in [0.1, 0.15) is 23.9 Å². The number of ether oxygens (including phenoxy) is 3. The molecule has 0 aromatic heterocycles. The zero-order valence-corrected chi connectivity index (χ0v) is 14.7. The minimum absolute atomic E-state index is 0.226. The quantitative estimate of drug-likeness (QED) is 0.439. The number of carbonyl (C=O) groups is 1. The van der Waals surface area contributed by atoms with Gasteiger partial charge < -0.3 is 14.2 Å². The fourth-order valence-corrected chi connectivity index (χ4v) is 2.39. The summed E-state index contributed by atoms with van der Waals surface area (Å²) in [7, 11) is 0. The van der Waals surface area contributed by atoms with Crippen molar-refractivity contribution >= 4 is 17.6 Å². The van der Waals surface area contributed by atoms with Gasteiger partial charge in [0.15, 0.2) is 6.61 Å². The molecule has 3 aromatic carbocycles. The maximum atomic E-state index is 11.9. The summed E-state index contributed by atoms with van der Waals surface area (Å²) in [6.45, 7) is 0.252. The zero-order chi connectivity index (χ0) is 18.2. The molecule has 26 heavy (non-hydrogen) atoms. The van der Waals surface area contributed by atoms with Crippen LogP contribution in [-0.4, -0.2) is 12.6 Å². The molecule has 0 spiro atoms. The highest BCUT2D eigenvalue weighted by Gasteiger charge is 2.08. The Morgan fingerprint density at radius 3 is 2.15 bits per heavy atom. The maximum Gasteiger partial charge on any atom is 0.349 e. The summed E-state index contributed by atoms with van der Waals surface area (Å²) in [4.78, 5) is 11.9. The minimum atomic E-state index is -0.511. The number of para-hydroxylation sites is 1. The number of esters is 1. The highest BCUT2D eigenvalue weighted by molar-refractivity contribution is 6.32. The number of benzene rings is 3. The van der Waals surface area contributed by atoms with E-state index in [0.717, 1.165) is 5.56 Å². The highest BCUT2D eigenvalue weighted by Crippen LogP contribution is 2.23. The van der Waals surface area contributed by atoms with Gasteiger partial charge >= 0.3 is 5.97 Å². The van der Waals surface area contributed by atoms with Gasteiger partial charge in [0.25, 0.3) is 0 Å². The molecule has 0 aliphatic rings. The van der Waals surface area contributed by atoms with Gasteiger partial charge in [-0.3, -0.25) is 0 Å². The summed E-state index contributed by atoms with van der Waals surface area (Å²) in [5.41, 5.74) is 1.08. The monoisotopic (exact) mass is 368 g/mol. The van der Waals surface area contributed by atoms with Gasteiger partial charge in [0.2, 0.25) is 0 Å². The first-order valence-corrected chi connectivity index (χ1v) is 8.43. The molecular weight excluding hydrogens is 352 g/mol. The fraction of sp³-hybridized carbons (Fsp3) is 0.0952. The molecule has 0 bridgehead atoms. The van der Waals surface area contributed by atoms with Crippen molar-refractivity contribution < 1.29 is 19.0 Å². The predicted octanol–water partition coefficient (Wildman–Crippen LogP) is 4.90. The lowest BCUT2D eigenvalue weighted by Gasteiger charge is -2.09. The van der Waals surface area contributed by atoms with Crippen LogP contribution in [0.2, 0.25) is 5.02 Å². The third-order valence-electron chi connectivity index (χ3n) is 3.49. The van der Waals surface area contributed by atoms with Crippen LogP contribution < -0.4 is 14.2 Å². The van der Waals surface area contributed by atoms with Gasteiger partial charge in [0.05, 0.1) is 5.02 Å². The standard InChI is InChI=1S/C21H17ClO4/c22-19-8-4-5-9-20(19)25-15-21(23)26-18-12-10-17(11-13-18)24-14-16-6-2-1-3-7-16/h1-13H,14-15H2. The highest BCUT2D eigenvalue weighted by atomic mass is 35.5. The molecule has 3 rings (SSSR count). The fourth-order valence-electron chi connectivity index (χ4n) is 2.20. The molecule has 132 valence electrons. The Kier molecular flexibility index (Phi) is 6.12. The van der Waals surface area contributed by atoms with Crippen molar-refractivity contribution in [1.29, 1.82) is 0 Å². The molecule has 0 aliphatic heterocycles. The van der Waals surface area contributed by atoms with E-state index in [4.69, 9.17) is 25.8 Å². The van der Waals surface area contributed by atoms with Crippen LogP contribution in [0.15, 0.2) is 78.9 Å². The van der Waals surface area contributed by atoms with Gasteiger partial charge in [0, 0.05) is 0 Å². The van der Waals surface area contributed by atoms with Crippen molar-refractivity contribution in [2.24, 2.45) is 0 Å². The Bertz CT molecular complexity index is 847. The second-order valence-electron chi connectivity index (χ2n) is 5.44. The number of carbonyl (C=O) groups excluding carboxylic acids is 1. The molecule has 5 heteroatoms. The molecule has 0 aliphatic carbocycles. The van der Waals surface area contributed by atoms with Crippen molar-refractivity contribution in [2.45, 2.75) is 6.61 Å². The van der Waals surface area contributed by atoms with E-state index >= 15 is 0 Å². The van der Waals surface area contributed by atoms with E-state index in [2.05, 4.69) is 0 Å². The Morgan fingerprint density at radius 2 is 1.42 bits per heavy atom. The number of halogens is 1. The normalized spacial score (nSPS) is 10.2. The molecule has 0 atom stereocenters. The molecule has 0 amide bonds. The van der Waals surface area contributed by atoms with Crippen molar-refractivity contribution in [3.8, 4) is 17.2 Å². The van der Waals surface area contributed by atoms with Crippen molar-refractivity contribution in [3.63, 3.8) is 0 Å². The van der Waals surface area contributed by atoms with E-state index < -0.39 is 5.97 Å². The van der Waals surface area contributed by atoms with Crippen LogP contribution in [0.3, 0.4) is 0 Å². The third-order valence-corrected chi connectivity index (χ3v) is 3.80. The van der Waals surface area contributed by atoms with E-state index in [9.17, 15) is 4.79 Å². The number of hydrogen-bond acceptors (Lipinski definition) is 4. The average molecular weight is 369 g/mol. The van der Waals surface area contributed by atoms with Crippen LogP contribution in [0, 0.1) is 0 Å². The number of hydrogen-bond donors (Lipinski definition) is 0. The maximum absolute atomic E-state index is 11.9. The van der Waals surface area contributed by atoms with E-state index in [1.165, 1.54) is 0 Å². The third kappa shape index (κ3) is 5.26. The lowest BCUT2D eigenvalue weighted by atomic mass is 10.2. The first kappa shape index (κ1) is 17.8. The second kappa shape index (κ2) is 8.92. The predicted molar refractivity (Wildman–Crippen MR) is 99.8 cm³/mol. The van der Waals surface area contributed by atoms with E-state index in [1.807, 2.05) is 30.3 Å². The molecule has 0 saturated carbocycles. The molecule has 0 saturated heterocycles. The molecule has 0 radical (unpaired) electrons. The first-order valence-electron chi connectivity index (χ1n) is 8.05. The van der Waals surface area contributed by atoms with Crippen LogP contribution in [-0.2, 0) is 11.4 Å². The lowest BCUT2D eigenvalue weighted by molar-refractivity contribution is -0.136.